The highest BCUT2D eigenvalue weighted by Gasteiger charge is 2.04. The van der Waals surface area contributed by atoms with Gasteiger partial charge in [0.25, 0.3) is 0 Å². The van der Waals surface area contributed by atoms with E-state index in [0.29, 0.717) is 5.25 Å². The third kappa shape index (κ3) is 3.05. The Kier molecular flexibility index (Phi) is 3.82. The first-order valence-electron chi connectivity index (χ1n) is 4.50. The van der Waals surface area contributed by atoms with Crippen molar-refractivity contribution in [2.24, 2.45) is 0 Å². The van der Waals surface area contributed by atoms with Crippen LogP contribution in [0.2, 0.25) is 0 Å². The Hall–Kier alpha value is -0.470. The van der Waals surface area contributed by atoms with Gasteiger partial charge in [-0.2, -0.15) is 0 Å². The van der Waals surface area contributed by atoms with Crippen LogP contribution in [0.25, 0.3) is 0 Å². The molecule has 0 spiro atoms. The summed E-state index contributed by atoms with van der Waals surface area (Å²) in [5, 5.41) is 9.71. The van der Waals surface area contributed by atoms with Crippen LogP contribution in [0.3, 0.4) is 0 Å². The molecule has 0 aliphatic rings. The van der Waals surface area contributed by atoms with E-state index in [0.717, 1.165) is 5.56 Å². The quantitative estimate of drug-likeness (QED) is 0.750. The summed E-state index contributed by atoms with van der Waals surface area (Å²) in [7, 11) is 0. The lowest BCUT2D eigenvalue weighted by molar-refractivity contribution is 0.279. The number of aryl methyl sites for hydroxylation is 1. The Bertz CT molecular complexity index is 281. The molecule has 0 saturated heterocycles. The lowest BCUT2D eigenvalue weighted by atomic mass is 10.1. The third-order valence-corrected chi connectivity index (χ3v) is 2.87. The van der Waals surface area contributed by atoms with Gasteiger partial charge >= 0.3 is 0 Å². The first kappa shape index (κ1) is 10.6. The first-order valence-corrected chi connectivity index (χ1v) is 5.38. The highest BCUT2D eigenvalue weighted by Crippen LogP contribution is 2.27. The number of aliphatic hydroxyl groups is 1. The maximum Gasteiger partial charge on any atom is 0.0692 e. The van der Waals surface area contributed by atoms with Gasteiger partial charge in [0.15, 0.2) is 0 Å². The molecule has 1 aromatic carbocycles. The molecule has 13 heavy (non-hydrogen) atoms. The van der Waals surface area contributed by atoms with Crippen LogP contribution in [0, 0.1) is 6.92 Å². The predicted molar refractivity (Wildman–Crippen MR) is 58.1 cm³/mol. The largest absolute Gasteiger partial charge is 0.392 e. The third-order valence-electron chi connectivity index (χ3n) is 1.75. The van der Waals surface area contributed by atoms with Crippen molar-refractivity contribution in [2.75, 3.05) is 0 Å². The molecule has 0 unspecified atom stereocenters. The molecule has 1 aromatic rings. The van der Waals surface area contributed by atoms with Crippen LogP contribution in [0.1, 0.15) is 25.0 Å². The lowest BCUT2D eigenvalue weighted by Gasteiger charge is -2.09. The Balaban J connectivity index is 2.92. The van der Waals surface area contributed by atoms with Gasteiger partial charge in [-0.05, 0) is 18.6 Å². The molecular weight excluding hydrogens is 180 g/mol. The fourth-order valence-corrected chi connectivity index (χ4v) is 2.13. The van der Waals surface area contributed by atoms with Crippen molar-refractivity contribution in [3.05, 3.63) is 29.3 Å². The zero-order valence-electron chi connectivity index (χ0n) is 8.37. The minimum absolute atomic E-state index is 0.136. The maximum absolute atomic E-state index is 9.14. The van der Waals surface area contributed by atoms with E-state index in [4.69, 9.17) is 5.11 Å². The standard InChI is InChI=1S/C11H16OS/c1-8(2)13-11-5-4-9(3)6-10(11)7-12/h4-6,8,12H,7H2,1-3H3. The molecule has 72 valence electrons. The van der Waals surface area contributed by atoms with Crippen LogP contribution in [0.15, 0.2) is 23.1 Å². The zero-order valence-corrected chi connectivity index (χ0v) is 9.19. The summed E-state index contributed by atoms with van der Waals surface area (Å²) in [6, 6.07) is 6.22. The van der Waals surface area contributed by atoms with Gasteiger partial charge < -0.3 is 5.11 Å². The number of rotatable bonds is 3. The van der Waals surface area contributed by atoms with E-state index in [1.54, 1.807) is 11.8 Å². The number of hydrogen-bond donors (Lipinski definition) is 1. The normalized spacial score (nSPS) is 10.8. The van der Waals surface area contributed by atoms with E-state index in [1.807, 2.05) is 13.0 Å². The fourth-order valence-electron chi connectivity index (χ4n) is 1.20. The molecule has 0 aliphatic carbocycles. The summed E-state index contributed by atoms with van der Waals surface area (Å²) in [5.41, 5.74) is 2.25. The van der Waals surface area contributed by atoms with E-state index in [-0.39, 0.29) is 6.61 Å². The molecule has 0 fully saturated rings. The molecule has 1 nitrogen and oxygen atoms in total. The average Bonchev–Trinajstić information content (AvgIpc) is 2.07. The van der Waals surface area contributed by atoms with Crippen LogP contribution in [-0.2, 0) is 6.61 Å². The number of benzene rings is 1. The SMILES string of the molecule is Cc1ccc(SC(C)C)c(CO)c1. The lowest BCUT2D eigenvalue weighted by Crippen LogP contribution is -1.92. The topological polar surface area (TPSA) is 20.2 Å². The molecule has 0 aromatic heterocycles. The highest BCUT2D eigenvalue weighted by atomic mass is 32.2. The second-order valence-electron chi connectivity index (χ2n) is 3.44. The minimum atomic E-state index is 0.136. The van der Waals surface area contributed by atoms with Crippen molar-refractivity contribution in [1.82, 2.24) is 0 Å². The average molecular weight is 196 g/mol. The number of hydrogen-bond acceptors (Lipinski definition) is 2. The Morgan fingerprint density at radius 3 is 2.62 bits per heavy atom. The first-order chi connectivity index (χ1) is 6.13. The van der Waals surface area contributed by atoms with Crippen LogP contribution in [-0.4, -0.2) is 10.4 Å². The van der Waals surface area contributed by atoms with E-state index < -0.39 is 0 Å². The number of aliphatic hydroxyl groups excluding tert-OH is 1. The number of thioether (sulfide) groups is 1. The van der Waals surface area contributed by atoms with E-state index >= 15 is 0 Å². The van der Waals surface area contributed by atoms with Crippen molar-refractivity contribution >= 4 is 11.8 Å². The summed E-state index contributed by atoms with van der Waals surface area (Å²) >= 11 is 1.80. The van der Waals surface area contributed by atoms with E-state index in [2.05, 4.69) is 26.0 Å². The van der Waals surface area contributed by atoms with E-state index in [9.17, 15) is 0 Å². The van der Waals surface area contributed by atoms with Gasteiger partial charge in [-0.15, -0.1) is 11.8 Å². The maximum atomic E-state index is 9.14. The van der Waals surface area contributed by atoms with Gasteiger partial charge in [-0.1, -0.05) is 31.5 Å². The van der Waals surface area contributed by atoms with Gasteiger partial charge in [0, 0.05) is 10.1 Å². The molecule has 2 heteroatoms. The Morgan fingerprint density at radius 1 is 1.38 bits per heavy atom. The van der Waals surface area contributed by atoms with Gasteiger partial charge in [-0.3, -0.25) is 0 Å². The minimum Gasteiger partial charge on any atom is -0.392 e. The summed E-state index contributed by atoms with van der Waals surface area (Å²) in [6.07, 6.45) is 0. The van der Waals surface area contributed by atoms with Crippen LogP contribution >= 0.6 is 11.8 Å². The van der Waals surface area contributed by atoms with Crippen LogP contribution in [0.5, 0.6) is 0 Å². The zero-order chi connectivity index (χ0) is 9.84. The summed E-state index contributed by atoms with van der Waals surface area (Å²) in [6.45, 7) is 6.50. The van der Waals surface area contributed by atoms with Crippen molar-refractivity contribution in [3.63, 3.8) is 0 Å². The molecule has 0 radical (unpaired) electrons. The molecule has 0 atom stereocenters. The van der Waals surface area contributed by atoms with Crippen molar-refractivity contribution in [1.29, 1.82) is 0 Å². The van der Waals surface area contributed by atoms with Gasteiger partial charge in [0.2, 0.25) is 0 Å². The molecular formula is C11H16OS. The highest BCUT2D eigenvalue weighted by molar-refractivity contribution is 8.00. The second-order valence-corrected chi connectivity index (χ2v) is 5.05. The van der Waals surface area contributed by atoms with E-state index in [1.165, 1.54) is 10.5 Å². The molecule has 0 aliphatic heterocycles. The predicted octanol–water partition coefficient (Wildman–Crippen LogP) is 2.99. The van der Waals surface area contributed by atoms with Gasteiger partial charge in [0.05, 0.1) is 6.61 Å². The molecule has 0 amide bonds. The summed E-state index contributed by atoms with van der Waals surface area (Å²) < 4.78 is 0. The Morgan fingerprint density at radius 2 is 2.08 bits per heavy atom. The van der Waals surface area contributed by atoms with Gasteiger partial charge in [-0.25, -0.2) is 0 Å². The van der Waals surface area contributed by atoms with Crippen LogP contribution < -0.4 is 0 Å². The fraction of sp³-hybridized carbons (Fsp3) is 0.455. The molecule has 0 saturated carbocycles. The second kappa shape index (κ2) is 4.68. The smallest absolute Gasteiger partial charge is 0.0692 e. The molecule has 0 heterocycles. The van der Waals surface area contributed by atoms with Crippen LogP contribution in [0.4, 0.5) is 0 Å². The molecule has 1 N–H and O–H groups in total. The summed E-state index contributed by atoms with van der Waals surface area (Å²) in [4.78, 5) is 1.20. The van der Waals surface area contributed by atoms with Crippen molar-refractivity contribution < 1.29 is 5.11 Å². The monoisotopic (exact) mass is 196 g/mol. The summed E-state index contributed by atoms with van der Waals surface area (Å²) in [5.74, 6) is 0. The molecule has 0 bridgehead atoms. The van der Waals surface area contributed by atoms with Crippen molar-refractivity contribution in [2.45, 2.75) is 37.5 Å². The molecule has 1 rings (SSSR count). The van der Waals surface area contributed by atoms with Gasteiger partial charge in [0.1, 0.15) is 0 Å². The Labute approximate surface area is 84.2 Å². The van der Waals surface area contributed by atoms with Crippen molar-refractivity contribution in [3.8, 4) is 0 Å².